The van der Waals surface area contributed by atoms with Gasteiger partial charge in [-0.05, 0) is 79.7 Å². The molecule has 7 heteroatoms. The van der Waals surface area contributed by atoms with Gasteiger partial charge in [-0.25, -0.2) is 8.42 Å². The Hall–Kier alpha value is -3.16. The Balaban J connectivity index is 1.38. The normalized spacial score (nSPS) is 14.4. The van der Waals surface area contributed by atoms with Gasteiger partial charge in [0.15, 0.2) is 0 Å². The standard InChI is InChI=1S/C30H37N3O3S/c1-23-9-7-10-24(2)29(23)33(37(3,35)36)22-25-13-15-28(16-14-25)30(34)31-20-26-11-8-12-27(19-26)21-32-17-5-4-6-18-32/h7-16,19H,4-6,17-18,20-22H2,1-3H3,(H,31,34). The molecule has 37 heavy (non-hydrogen) atoms. The van der Waals surface area contributed by atoms with Crippen LogP contribution in [0, 0.1) is 13.8 Å². The monoisotopic (exact) mass is 519 g/mol. The second kappa shape index (κ2) is 11.9. The van der Waals surface area contributed by atoms with Crippen molar-refractivity contribution in [2.75, 3.05) is 23.7 Å². The molecule has 3 aromatic rings. The van der Waals surface area contributed by atoms with Gasteiger partial charge in [-0.1, -0.05) is 61.0 Å². The van der Waals surface area contributed by atoms with Crippen LogP contribution in [0.15, 0.2) is 66.7 Å². The Morgan fingerprint density at radius 2 is 1.49 bits per heavy atom. The van der Waals surface area contributed by atoms with E-state index < -0.39 is 10.0 Å². The fourth-order valence-corrected chi connectivity index (χ4v) is 5.99. The van der Waals surface area contributed by atoms with Gasteiger partial charge in [0.05, 0.1) is 18.5 Å². The summed E-state index contributed by atoms with van der Waals surface area (Å²) in [5.74, 6) is -0.150. The number of hydrogen-bond acceptors (Lipinski definition) is 4. The average Bonchev–Trinajstić information content (AvgIpc) is 2.87. The van der Waals surface area contributed by atoms with E-state index in [-0.39, 0.29) is 12.5 Å². The van der Waals surface area contributed by atoms with Crippen LogP contribution in [0.5, 0.6) is 0 Å². The molecular formula is C30H37N3O3S. The molecule has 0 aliphatic carbocycles. The molecule has 0 atom stereocenters. The summed E-state index contributed by atoms with van der Waals surface area (Å²) >= 11 is 0. The van der Waals surface area contributed by atoms with Crippen LogP contribution in [0.3, 0.4) is 0 Å². The first-order chi connectivity index (χ1) is 17.7. The maximum atomic E-state index is 12.8. The molecule has 196 valence electrons. The minimum absolute atomic E-state index is 0.150. The SMILES string of the molecule is Cc1cccc(C)c1N(Cc1ccc(C(=O)NCc2cccc(CN3CCCCC3)c2)cc1)S(C)(=O)=O. The van der Waals surface area contributed by atoms with Crippen LogP contribution < -0.4 is 9.62 Å². The first-order valence-corrected chi connectivity index (χ1v) is 14.8. The van der Waals surface area contributed by atoms with E-state index in [1.54, 1.807) is 12.1 Å². The minimum Gasteiger partial charge on any atom is -0.348 e. The molecule has 1 amide bonds. The van der Waals surface area contributed by atoms with Crippen molar-refractivity contribution < 1.29 is 13.2 Å². The highest BCUT2D eigenvalue weighted by atomic mass is 32.2. The summed E-state index contributed by atoms with van der Waals surface area (Å²) < 4.78 is 26.7. The van der Waals surface area contributed by atoms with Gasteiger partial charge in [0, 0.05) is 18.7 Å². The molecule has 0 spiro atoms. The molecule has 0 saturated carbocycles. The molecule has 4 rings (SSSR count). The highest BCUT2D eigenvalue weighted by Crippen LogP contribution is 2.28. The number of nitrogens with one attached hydrogen (secondary N) is 1. The Morgan fingerprint density at radius 3 is 2.14 bits per heavy atom. The number of anilines is 1. The Bertz CT molecular complexity index is 1310. The van der Waals surface area contributed by atoms with E-state index in [2.05, 4.69) is 28.4 Å². The van der Waals surface area contributed by atoms with E-state index in [0.717, 1.165) is 41.9 Å². The highest BCUT2D eigenvalue weighted by Gasteiger charge is 2.21. The van der Waals surface area contributed by atoms with Crippen LogP contribution in [0.25, 0.3) is 0 Å². The predicted molar refractivity (Wildman–Crippen MR) is 150 cm³/mol. The van der Waals surface area contributed by atoms with Crippen molar-refractivity contribution in [2.24, 2.45) is 0 Å². The molecule has 6 nitrogen and oxygen atoms in total. The lowest BCUT2D eigenvalue weighted by atomic mass is 10.1. The number of aryl methyl sites for hydroxylation is 2. The molecule has 1 heterocycles. The zero-order chi connectivity index (χ0) is 26.4. The summed E-state index contributed by atoms with van der Waals surface area (Å²) in [7, 11) is -3.49. The van der Waals surface area contributed by atoms with Crippen molar-refractivity contribution in [2.45, 2.75) is 52.7 Å². The lowest BCUT2D eigenvalue weighted by Gasteiger charge is -2.26. The third-order valence-corrected chi connectivity index (χ3v) is 8.04. The first kappa shape index (κ1) is 26.9. The van der Waals surface area contributed by atoms with Gasteiger partial charge in [0.2, 0.25) is 10.0 Å². The van der Waals surface area contributed by atoms with Crippen LogP contribution in [0.2, 0.25) is 0 Å². The van der Waals surface area contributed by atoms with Gasteiger partial charge < -0.3 is 5.32 Å². The van der Waals surface area contributed by atoms with E-state index in [1.807, 2.05) is 50.2 Å². The summed E-state index contributed by atoms with van der Waals surface area (Å²) in [4.78, 5) is 15.3. The van der Waals surface area contributed by atoms with E-state index in [0.29, 0.717) is 17.8 Å². The van der Waals surface area contributed by atoms with Crippen LogP contribution in [-0.4, -0.2) is 38.6 Å². The molecule has 0 bridgehead atoms. The van der Waals surface area contributed by atoms with Crippen molar-refractivity contribution in [1.82, 2.24) is 10.2 Å². The van der Waals surface area contributed by atoms with Crippen LogP contribution in [0.1, 0.15) is 57.4 Å². The Labute approximate surface area is 221 Å². The minimum atomic E-state index is -3.49. The summed E-state index contributed by atoms with van der Waals surface area (Å²) in [6.45, 7) is 7.76. The number of carbonyl (C=O) groups excluding carboxylic acids is 1. The van der Waals surface area contributed by atoms with Crippen molar-refractivity contribution in [3.05, 3.63) is 100 Å². The summed E-state index contributed by atoms with van der Waals surface area (Å²) in [5.41, 5.74) is 6.23. The zero-order valence-electron chi connectivity index (χ0n) is 22.0. The largest absolute Gasteiger partial charge is 0.348 e. The van der Waals surface area contributed by atoms with Gasteiger partial charge >= 0.3 is 0 Å². The number of hydrogen-bond donors (Lipinski definition) is 1. The van der Waals surface area contributed by atoms with Gasteiger partial charge in [-0.2, -0.15) is 0 Å². The molecule has 1 fully saturated rings. The van der Waals surface area contributed by atoms with Crippen molar-refractivity contribution in [3.8, 4) is 0 Å². The van der Waals surface area contributed by atoms with Crippen LogP contribution >= 0.6 is 0 Å². The lowest BCUT2D eigenvalue weighted by molar-refractivity contribution is 0.0951. The Kier molecular flexibility index (Phi) is 8.67. The topological polar surface area (TPSA) is 69.7 Å². The first-order valence-electron chi connectivity index (χ1n) is 12.9. The fourth-order valence-electron chi connectivity index (χ4n) is 4.99. The number of carbonyl (C=O) groups is 1. The zero-order valence-corrected chi connectivity index (χ0v) is 22.9. The maximum Gasteiger partial charge on any atom is 0.251 e. The summed E-state index contributed by atoms with van der Waals surface area (Å²) in [5, 5.41) is 3.01. The fraction of sp³-hybridized carbons (Fsp3) is 0.367. The van der Waals surface area contributed by atoms with Gasteiger partial charge in [0.1, 0.15) is 0 Å². The average molecular weight is 520 g/mol. The number of rotatable bonds is 9. The molecule has 1 aliphatic heterocycles. The molecule has 0 radical (unpaired) electrons. The Morgan fingerprint density at radius 1 is 0.865 bits per heavy atom. The summed E-state index contributed by atoms with van der Waals surface area (Å²) in [6, 6.07) is 21.3. The quantitative estimate of drug-likeness (QED) is 0.423. The molecule has 1 N–H and O–H groups in total. The van der Waals surface area contributed by atoms with E-state index in [1.165, 1.54) is 35.4 Å². The van der Waals surface area contributed by atoms with Gasteiger partial charge in [0.25, 0.3) is 5.91 Å². The molecule has 3 aromatic carbocycles. The third-order valence-electron chi connectivity index (χ3n) is 6.93. The highest BCUT2D eigenvalue weighted by molar-refractivity contribution is 7.92. The predicted octanol–water partition coefficient (Wildman–Crippen LogP) is 5.19. The van der Waals surface area contributed by atoms with Crippen molar-refractivity contribution >= 4 is 21.6 Å². The number of para-hydroxylation sites is 1. The van der Waals surface area contributed by atoms with E-state index in [9.17, 15) is 13.2 Å². The number of benzene rings is 3. The second-order valence-corrected chi connectivity index (χ2v) is 12.0. The van der Waals surface area contributed by atoms with Gasteiger partial charge in [-0.15, -0.1) is 0 Å². The number of nitrogens with zero attached hydrogens (tertiary/aromatic N) is 2. The molecule has 1 aliphatic rings. The van der Waals surface area contributed by atoms with Gasteiger partial charge in [-0.3, -0.25) is 14.0 Å². The smallest absolute Gasteiger partial charge is 0.251 e. The summed E-state index contributed by atoms with van der Waals surface area (Å²) in [6.07, 6.45) is 5.09. The number of piperidine rings is 1. The van der Waals surface area contributed by atoms with Crippen molar-refractivity contribution in [3.63, 3.8) is 0 Å². The molecule has 0 unspecified atom stereocenters. The van der Waals surface area contributed by atoms with Crippen molar-refractivity contribution in [1.29, 1.82) is 0 Å². The lowest BCUT2D eigenvalue weighted by Crippen LogP contribution is -2.30. The number of amides is 1. The van der Waals surface area contributed by atoms with E-state index >= 15 is 0 Å². The maximum absolute atomic E-state index is 12.8. The molecular weight excluding hydrogens is 482 g/mol. The second-order valence-electron chi connectivity index (χ2n) is 10.0. The van der Waals surface area contributed by atoms with Crippen LogP contribution in [0.4, 0.5) is 5.69 Å². The van der Waals surface area contributed by atoms with Crippen LogP contribution in [-0.2, 0) is 29.7 Å². The number of likely N-dealkylation sites (tertiary alicyclic amines) is 1. The third kappa shape index (κ3) is 7.21. The molecule has 1 saturated heterocycles. The van der Waals surface area contributed by atoms with E-state index in [4.69, 9.17) is 0 Å². The molecule has 0 aromatic heterocycles. The number of sulfonamides is 1.